The van der Waals surface area contributed by atoms with Gasteiger partial charge in [0.2, 0.25) is 0 Å². The molecule has 1 aliphatic rings. The average Bonchev–Trinajstić information content (AvgIpc) is 2.23. The van der Waals surface area contributed by atoms with Gasteiger partial charge in [-0.05, 0) is 31.1 Å². The van der Waals surface area contributed by atoms with Crippen molar-refractivity contribution in [3.8, 4) is 0 Å². The lowest BCUT2D eigenvalue weighted by Crippen LogP contribution is -2.01. The molecule has 0 bridgehead atoms. The first-order valence-electron chi connectivity index (χ1n) is 4.87. The van der Waals surface area contributed by atoms with Gasteiger partial charge >= 0.3 is 0 Å². The van der Waals surface area contributed by atoms with Crippen LogP contribution in [0, 0.1) is 13.8 Å². The standard InChI is InChI=1S/C12H12N2O/c1-8-3-4-9(2)10(7-8)11-5-6-12(15)14-13-11/h3-7,11H,1-2H3. The lowest BCUT2D eigenvalue weighted by molar-refractivity contribution is -0.114. The summed E-state index contributed by atoms with van der Waals surface area (Å²) in [6.07, 6.45) is 3.26. The third-order valence-corrected chi connectivity index (χ3v) is 2.46. The largest absolute Gasteiger partial charge is 0.287 e. The van der Waals surface area contributed by atoms with Gasteiger partial charge in [0.15, 0.2) is 0 Å². The fraction of sp³-hybridized carbons (Fsp3) is 0.250. The summed E-state index contributed by atoms with van der Waals surface area (Å²) in [6.45, 7) is 4.08. The van der Waals surface area contributed by atoms with E-state index in [-0.39, 0.29) is 11.9 Å². The van der Waals surface area contributed by atoms with E-state index >= 15 is 0 Å². The van der Waals surface area contributed by atoms with Crippen LogP contribution >= 0.6 is 0 Å². The number of aryl methyl sites for hydroxylation is 2. The zero-order valence-electron chi connectivity index (χ0n) is 8.77. The van der Waals surface area contributed by atoms with E-state index in [1.165, 1.54) is 17.2 Å². The molecule has 1 heterocycles. The number of rotatable bonds is 1. The van der Waals surface area contributed by atoms with Gasteiger partial charge in [-0.3, -0.25) is 4.79 Å². The van der Waals surface area contributed by atoms with Gasteiger partial charge in [-0.2, -0.15) is 5.11 Å². The summed E-state index contributed by atoms with van der Waals surface area (Å²) in [6, 6.07) is 6.10. The van der Waals surface area contributed by atoms with Crippen LogP contribution in [-0.2, 0) is 4.79 Å². The number of azo groups is 1. The highest BCUT2D eigenvalue weighted by molar-refractivity contribution is 5.88. The minimum absolute atomic E-state index is 0.109. The molecule has 0 spiro atoms. The van der Waals surface area contributed by atoms with Crippen LogP contribution in [0.2, 0.25) is 0 Å². The van der Waals surface area contributed by atoms with Crippen LogP contribution in [0.3, 0.4) is 0 Å². The Balaban J connectivity index is 2.38. The fourth-order valence-electron chi connectivity index (χ4n) is 1.61. The van der Waals surface area contributed by atoms with Crippen molar-refractivity contribution >= 4 is 5.91 Å². The summed E-state index contributed by atoms with van der Waals surface area (Å²) < 4.78 is 0. The zero-order valence-corrected chi connectivity index (χ0v) is 8.77. The lowest BCUT2D eigenvalue weighted by atomic mass is 9.99. The summed E-state index contributed by atoms with van der Waals surface area (Å²) in [7, 11) is 0. The van der Waals surface area contributed by atoms with E-state index in [9.17, 15) is 4.79 Å². The maximum atomic E-state index is 10.8. The number of amides is 1. The van der Waals surface area contributed by atoms with E-state index in [2.05, 4.69) is 28.4 Å². The summed E-state index contributed by atoms with van der Waals surface area (Å²) in [4.78, 5) is 10.8. The van der Waals surface area contributed by atoms with Crippen molar-refractivity contribution in [3.05, 3.63) is 47.0 Å². The molecule has 0 aliphatic carbocycles. The Kier molecular flexibility index (Phi) is 2.46. The molecule has 76 valence electrons. The molecule has 0 fully saturated rings. The van der Waals surface area contributed by atoms with Crippen LogP contribution in [0.1, 0.15) is 22.7 Å². The molecule has 1 aliphatic heterocycles. The van der Waals surface area contributed by atoms with Gasteiger partial charge in [-0.15, -0.1) is 5.11 Å². The minimum Gasteiger partial charge on any atom is -0.266 e. The number of hydrogen-bond acceptors (Lipinski definition) is 2. The second-order valence-corrected chi connectivity index (χ2v) is 3.72. The smallest absolute Gasteiger partial charge is 0.266 e. The molecule has 3 nitrogen and oxygen atoms in total. The van der Waals surface area contributed by atoms with Crippen LogP contribution in [0.15, 0.2) is 40.6 Å². The van der Waals surface area contributed by atoms with E-state index in [4.69, 9.17) is 0 Å². The topological polar surface area (TPSA) is 41.8 Å². The molecule has 0 aromatic heterocycles. The zero-order chi connectivity index (χ0) is 10.8. The second kappa shape index (κ2) is 3.77. The maximum Gasteiger partial charge on any atom is 0.287 e. The number of hydrogen-bond donors (Lipinski definition) is 0. The molecular weight excluding hydrogens is 188 g/mol. The number of nitrogens with zero attached hydrogens (tertiary/aromatic N) is 2. The van der Waals surface area contributed by atoms with Crippen LogP contribution in [0.25, 0.3) is 0 Å². The Morgan fingerprint density at radius 2 is 2.07 bits per heavy atom. The highest BCUT2D eigenvalue weighted by Gasteiger charge is 2.13. The van der Waals surface area contributed by atoms with E-state index in [0.717, 1.165) is 5.56 Å². The van der Waals surface area contributed by atoms with Crippen LogP contribution < -0.4 is 0 Å². The van der Waals surface area contributed by atoms with Crippen molar-refractivity contribution in [2.75, 3.05) is 0 Å². The van der Waals surface area contributed by atoms with Crippen LogP contribution in [-0.4, -0.2) is 5.91 Å². The van der Waals surface area contributed by atoms with Gasteiger partial charge in [0.05, 0.1) is 0 Å². The molecule has 2 rings (SSSR count). The SMILES string of the molecule is Cc1ccc(C)c(C2C=CC(=O)N=N2)c1. The summed E-state index contributed by atoms with van der Waals surface area (Å²) in [5.41, 5.74) is 3.47. The van der Waals surface area contributed by atoms with Gasteiger partial charge < -0.3 is 0 Å². The lowest BCUT2D eigenvalue weighted by Gasteiger charge is -2.12. The molecular formula is C12H12N2O. The Morgan fingerprint density at radius 3 is 2.73 bits per heavy atom. The first-order chi connectivity index (χ1) is 7.16. The Labute approximate surface area is 88.5 Å². The van der Waals surface area contributed by atoms with Gasteiger partial charge in [-0.25, -0.2) is 0 Å². The van der Waals surface area contributed by atoms with Crippen LogP contribution in [0.5, 0.6) is 0 Å². The third kappa shape index (κ3) is 2.01. The Bertz CT molecular complexity index is 445. The predicted octanol–water partition coefficient (Wildman–Crippen LogP) is 2.89. The normalized spacial score (nSPS) is 19.6. The first kappa shape index (κ1) is 9.77. The van der Waals surface area contributed by atoms with Gasteiger partial charge in [0, 0.05) is 6.08 Å². The van der Waals surface area contributed by atoms with Crippen molar-refractivity contribution < 1.29 is 4.79 Å². The monoisotopic (exact) mass is 200 g/mol. The average molecular weight is 200 g/mol. The molecule has 0 saturated heterocycles. The van der Waals surface area contributed by atoms with E-state index in [0.29, 0.717) is 0 Å². The quantitative estimate of drug-likeness (QED) is 0.687. The van der Waals surface area contributed by atoms with Crippen molar-refractivity contribution in [3.63, 3.8) is 0 Å². The van der Waals surface area contributed by atoms with Crippen molar-refractivity contribution in [2.45, 2.75) is 19.9 Å². The summed E-state index contributed by atoms with van der Waals surface area (Å²) in [5, 5.41) is 7.53. The van der Waals surface area contributed by atoms with E-state index in [1.54, 1.807) is 6.08 Å². The van der Waals surface area contributed by atoms with Crippen molar-refractivity contribution in [1.82, 2.24) is 0 Å². The third-order valence-electron chi connectivity index (χ3n) is 2.46. The molecule has 0 radical (unpaired) electrons. The van der Waals surface area contributed by atoms with Gasteiger partial charge in [-0.1, -0.05) is 23.8 Å². The molecule has 1 aromatic carbocycles. The number of carbonyl (C=O) groups excluding carboxylic acids is 1. The van der Waals surface area contributed by atoms with Crippen molar-refractivity contribution in [2.24, 2.45) is 10.2 Å². The molecule has 1 atom stereocenters. The predicted molar refractivity (Wildman–Crippen MR) is 57.7 cm³/mol. The van der Waals surface area contributed by atoms with E-state index in [1.807, 2.05) is 13.8 Å². The molecule has 15 heavy (non-hydrogen) atoms. The highest BCUT2D eigenvalue weighted by atomic mass is 16.1. The molecule has 1 amide bonds. The Hall–Kier alpha value is -1.77. The molecule has 0 N–H and O–H groups in total. The summed E-state index contributed by atoms with van der Waals surface area (Å²) in [5.74, 6) is -0.281. The maximum absolute atomic E-state index is 10.8. The second-order valence-electron chi connectivity index (χ2n) is 3.72. The minimum atomic E-state index is -0.281. The van der Waals surface area contributed by atoms with Crippen molar-refractivity contribution in [1.29, 1.82) is 0 Å². The molecule has 0 saturated carbocycles. The fourth-order valence-corrected chi connectivity index (χ4v) is 1.61. The van der Waals surface area contributed by atoms with Gasteiger partial charge in [0.1, 0.15) is 6.04 Å². The van der Waals surface area contributed by atoms with Gasteiger partial charge in [0.25, 0.3) is 5.91 Å². The molecule has 1 unspecified atom stereocenters. The van der Waals surface area contributed by atoms with Crippen LogP contribution in [0.4, 0.5) is 0 Å². The summed E-state index contributed by atoms with van der Waals surface area (Å²) >= 11 is 0. The number of benzene rings is 1. The molecule has 1 aromatic rings. The van der Waals surface area contributed by atoms with E-state index < -0.39 is 0 Å². The first-order valence-corrected chi connectivity index (χ1v) is 4.87. The Morgan fingerprint density at radius 1 is 1.27 bits per heavy atom. The highest BCUT2D eigenvalue weighted by Crippen LogP contribution is 2.25. The molecule has 3 heteroatoms. The number of carbonyl (C=O) groups is 1.